The van der Waals surface area contributed by atoms with Gasteiger partial charge in [-0.2, -0.15) is 0 Å². The van der Waals surface area contributed by atoms with Crippen molar-refractivity contribution in [1.29, 1.82) is 0 Å². The lowest BCUT2D eigenvalue weighted by molar-refractivity contribution is 0.0735. The van der Waals surface area contributed by atoms with Gasteiger partial charge in [0.05, 0.1) is 6.04 Å². The summed E-state index contributed by atoms with van der Waals surface area (Å²) in [6, 6.07) is 14.0. The Morgan fingerprint density at radius 2 is 1.93 bits per heavy atom. The minimum Gasteiger partial charge on any atom is -0.508 e. The van der Waals surface area contributed by atoms with E-state index in [1.54, 1.807) is 18.2 Å². The largest absolute Gasteiger partial charge is 0.508 e. The van der Waals surface area contributed by atoms with Crippen molar-refractivity contribution in [2.45, 2.75) is 65.0 Å². The zero-order valence-corrected chi connectivity index (χ0v) is 18.3. The number of benzene rings is 2. The van der Waals surface area contributed by atoms with Gasteiger partial charge in [-0.25, -0.2) is 0 Å². The van der Waals surface area contributed by atoms with Gasteiger partial charge in [-0.05, 0) is 79.3 Å². The van der Waals surface area contributed by atoms with E-state index < -0.39 is 0 Å². The summed E-state index contributed by atoms with van der Waals surface area (Å²) in [6.45, 7) is 6.94. The molecule has 2 fully saturated rings. The van der Waals surface area contributed by atoms with Crippen molar-refractivity contribution in [2.24, 2.45) is 5.41 Å². The van der Waals surface area contributed by atoms with Crippen LogP contribution in [-0.4, -0.2) is 29.0 Å². The Morgan fingerprint density at radius 3 is 2.57 bits per heavy atom. The molecule has 2 N–H and O–H groups in total. The molecule has 1 amide bonds. The number of phenols is 1. The highest BCUT2D eigenvalue weighted by atomic mass is 16.3. The molecule has 0 aromatic heterocycles. The van der Waals surface area contributed by atoms with Crippen molar-refractivity contribution in [2.75, 3.05) is 13.1 Å². The van der Waals surface area contributed by atoms with Gasteiger partial charge in [-0.3, -0.25) is 4.79 Å². The molecule has 1 saturated carbocycles. The number of aromatic hydroxyl groups is 1. The lowest BCUT2D eigenvalue weighted by Gasteiger charge is -2.41. The first kappa shape index (κ1) is 20.9. The summed E-state index contributed by atoms with van der Waals surface area (Å²) in [5.74, 6) is 0.285. The monoisotopic (exact) mass is 406 g/mol. The third-order valence-corrected chi connectivity index (χ3v) is 7.32. The van der Waals surface area contributed by atoms with E-state index in [1.165, 1.54) is 36.8 Å². The normalized spacial score (nSPS) is 20.2. The zero-order chi connectivity index (χ0) is 21.1. The van der Waals surface area contributed by atoms with E-state index >= 15 is 0 Å². The van der Waals surface area contributed by atoms with Crippen molar-refractivity contribution >= 4 is 5.91 Å². The van der Waals surface area contributed by atoms with Gasteiger partial charge in [0, 0.05) is 25.2 Å². The topological polar surface area (TPSA) is 52.6 Å². The molecule has 0 bridgehead atoms. The third kappa shape index (κ3) is 4.24. The number of phenolic OH excluding ortho intramolecular Hbond substituents is 1. The van der Waals surface area contributed by atoms with Crippen molar-refractivity contribution < 1.29 is 9.90 Å². The number of aryl methyl sites for hydroxylation is 1. The van der Waals surface area contributed by atoms with Crippen molar-refractivity contribution in [3.05, 3.63) is 64.7 Å². The van der Waals surface area contributed by atoms with E-state index in [9.17, 15) is 9.90 Å². The maximum Gasteiger partial charge on any atom is 0.254 e. The lowest BCUT2D eigenvalue weighted by Crippen LogP contribution is -2.39. The average Bonchev–Trinajstić information content (AvgIpc) is 3.22. The highest BCUT2D eigenvalue weighted by Crippen LogP contribution is 2.43. The quantitative estimate of drug-likeness (QED) is 0.652. The van der Waals surface area contributed by atoms with Gasteiger partial charge in [-0.1, -0.05) is 37.6 Å². The molecule has 4 rings (SSSR count). The second-order valence-corrected chi connectivity index (χ2v) is 9.21. The first-order valence-corrected chi connectivity index (χ1v) is 11.4. The Balaban J connectivity index is 1.39. The predicted molar refractivity (Wildman–Crippen MR) is 121 cm³/mol. The van der Waals surface area contributed by atoms with Crippen LogP contribution in [0.15, 0.2) is 42.5 Å². The minimum absolute atomic E-state index is 0.0525. The Kier molecular flexibility index (Phi) is 6.14. The number of nitrogens with one attached hydrogen (secondary N) is 1. The van der Waals surface area contributed by atoms with Crippen molar-refractivity contribution in [1.82, 2.24) is 10.2 Å². The van der Waals surface area contributed by atoms with Crippen molar-refractivity contribution in [3.63, 3.8) is 0 Å². The number of nitrogens with zero attached hydrogens (tertiary/aromatic N) is 1. The van der Waals surface area contributed by atoms with E-state index in [1.807, 2.05) is 11.8 Å². The second-order valence-electron chi connectivity index (χ2n) is 9.21. The first-order chi connectivity index (χ1) is 14.5. The van der Waals surface area contributed by atoms with Gasteiger partial charge in [0.1, 0.15) is 5.75 Å². The van der Waals surface area contributed by atoms with Gasteiger partial charge >= 0.3 is 0 Å². The van der Waals surface area contributed by atoms with Crippen LogP contribution in [0.5, 0.6) is 5.75 Å². The summed E-state index contributed by atoms with van der Waals surface area (Å²) in [6.07, 6.45) is 7.40. The molecule has 2 aromatic rings. The summed E-state index contributed by atoms with van der Waals surface area (Å²) < 4.78 is 0. The zero-order valence-electron chi connectivity index (χ0n) is 18.3. The van der Waals surface area contributed by atoms with Gasteiger partial charge in [-0.15, -0.1) is 0 Å². The van der Waals surface area contributed by atoms with Gasteiger partial charge in [0.25, 0.3) is 5.91 Å². The number of rotatable bonds is 7. The first-order valence-electron chi connectivity index (χ1n) is 11.4. The van der Waals surface area contributed by atoms with E-state index in [2.05, 4.69) is 36.5 Å². The molecule has 1 saturated heterocycles. The Bertz CT molecular complexity index is 881. The van der Waals surface area contributed by atoms with Gasteiger partial charge in [0.15, 0.2) is 0 Å². The number of carbonyl (C=O) groups excluding carboxylic acids is 1. The van der Waals surface area contributed by atoms with Crippen LogP contribution in [0.2, 0.25) is 0 Å². The molecular formula is C26H34N2O2. The maximum absolute atomic E-state index is 13.1. The number of carbonyl (C=O) groups is 1. The molecule has 0 radical (unpaired) electrons. The number of hydrogen-bond acceptors (Lipinski definition) is 3. The fourth-order valence-corrected chi connectivity index (χ4v) is 4.97. The Morgan fingerprint density at radius 1 is 1.17 bits per heavy atom. The molecule has 1 aliphatic carbocycles. The van der Waals surface area contributed by atoms with Crippen LogP contribution in [0, 0.1) is 12.3 Å². The minimum atomic E-state index is 0.0525. The fourth-order valence-electron chi connectivity index (χ4n) is 4.97. The molecule has 1 heterocycles. The molecule has 2 aliphatic rings. The predicted octanol–water partition coefficient (Wildman–Crippen LogP) is 5.35. The van der Waals surface area contributed by atoms with Crippen LogP contribution < -0.4 is 5.32 Å². The number of amides is 1. The molecule has 1 atom stereocenters. The lowest BCUT2D eigenvalue weighted by atomic mass is 9.67. The Hall–Kier alpha value is -2.33. The van der Waals surface area contributed by atoms with E-state index in [4.69, 9.17) is 0 Å². The number of likely N-dealkylation sites (tertiary alicyclic amines) is 1. The average molecular weight is 407 g/mol. The standard InChI is InChI=1S/C26H34N2O2/c1-3-26(13-5-14-26)18-27-17-20-7-9-21(10-8-20)23-6-4-15-28(23)25(30)22-11-12-24(29)19(2)16-22/h7-12,16,23,27,29H,3-6,13-15,17-18H2,1-2H3. The third-order valence-electron chi connectivity index (χ3n) is 7.32. The second kappa shape index (κ2) is 8.81. The highest BCUT2D eigenvalue weighted by molar-refractivity contribution is 5.95. The fraction of sp³-hybridized carbons (Fsp3) is 0.500. The molecule has 0 spiro atoms. The van der Waals surface area contributed by atoms with Crippen LogP contribution >= 0.6 is 0 Å². The smallest absolute Gasteiger partial charge is 0.254 e. The van der Waals surface area contributed by atoms with Crippen LogP contribution in [0.4, 0.5) is 0 Å². The van der Waals surface area contributed by atoms with Crippen LogP contribution in [0.3, 0.4) is 0 Å². The summed E-state index contributed by atoms with van der Waals surface area (Å²) >= 11 is 0. The van der Waals surface area contributed by atoms with Crippen LogP contribution in [0.1, 0.15) is 78.5 Å². The van der Waals surface area contributed by atoms with Gasteiger partial charge < -0.3 is 15.3 Å². The summed E-state index contributed by atoms with van der Waals surface area (Å²) in [7, 11) is 0. The highest BCUT2D eigenvalue weighted by Gasteiger charge is 2.34. The molecule has 1 aliphatic heterocycles. The Labute approximate surface area is 180 Å². The van der Waals surface area contributed by atoms with Crippen molar-refractivity contribution in [3.8, 4) is 5.75 Å². The summed E-state index contributed by atoms with van der Waals surface area (Å²) in [5, 5.41) is 13.4. The molecule has 160 valence electrons. The number of hydrogen-bond donors (Lipinski definition) is 2. The molecule has 1 unspecified atom stereocenters. The maximum atomic E-state index is 13.1. The SMILES string of the molecule is CCC1(CNCc2ccc(C3CCCN3C(=O)c3ccc(O)c(C)c3)cc2)CCC1. The van der Waals surface area contributed by atoms with Crippen LogP contribution in [-0.2, 0) is 6.54 Å². The van der Waals surface area contributed by atoms with Crippen LogP contribution in [0.25, 0.3) is 0 Å². The molecule has 4 heteroatoms. The van der Waals surface area contributed by atoms with Gasteiger partial charge in [0.2, 0.25) is 0 Å². The molecular weight excluding hydrogens is 372 g/mol. The molecule has 2 aromatic carbocycles. The summed E-state index contributed by atoms with van der Waals surface area (Å²) in [4.78, 5) is 15.1. The molecule has 30 heavy (non-hydrogen) atoms. The van der Waals surface area contributed by atoms with E-state index in [-0.39, 0.29) is 17.7 Å². The van der Waals surface area contributed by atoms with E-state index in [0.717, 1.165) is 38.0 Å². The summed E-state index contributed by atoms with van der Waals surface area (Å²) in [5.41, 5.74) is 4.44. The van der Waals surface area contributed by atoms with E-state index in [0.29, 0.717) is 11.0 Å². The molecule has 4 nitrogen and oxygen atoms in total.